The van der Waals surface area contributed by atoms with Gasteiger partial charge in [-0.1, -0.05) is 124 Å². The molecule has 0 aromatic heterocycles. The number of carbonyl (C=O) groups is 1. The van der Waals surface area contributed by atoms with Crippen molar-refractivity contribution in [3.05, 3.63) is 0 Å². The molecule has 2 N–H and O–H groups in total. The van der Waals surface area contributed by atoms with Gasteiger partial charge in [0.1, 0.15) is 0 Å². The van der Waals surface area contributed by atoms with E-state index in [-0.39, 0.29) is 0 Å². The number of aliphatic carboxylic acids is 1. The lowest BCUT2D eigenvalue weighted by Crippen LogP contribution is -2.48. The molecule has 0 saturated heterocycles. The van der Waals surface area contributed by atoms with Crippen LogP contribution >= 0.6 is 0 Å². The van der Waals surface area contributed by atoms with E-state index < -0.39 is 22.6 Å². The third kappa shape index (κ3) is 24.9. The zero-order valence-electron chi connectivity index (χ0n) is 24.1. The largest absolute Gasteiger partial charge is 0.481 e. The lowest BCUT2D eigenvalue weighted by atomic mass is 10.1. The van der Waals surface area contributed by atoms with Gasteiger partial charge in [0.15, 0.2) is 16.6 Å². The Balaban J connectivity index is 0. The van der Waals surface area contributed by atoms with Crippen LogP contribution in [0.1, 0.15) is 130 Å². The van der Waals surface area contributed by atoms with Gasteiger partial charge in [-0.15, -0.1) is 0 Å². The molecule has 0 amide bonds. The average Bonchev–Trinajstić information content (AvgIpc) is 2.77. The second-order valence-corrected chi connectivity index (χ2v) is 19.6. The minimum atomic E-state index is -1.73. The van der Waals surface area contributed by atoms with Crippen LogP contribution in [0.4, 0.5) is 0 Å². The van der Waals surface area contributed by atoms with Crippen LogP contribution in [-0.4, -0.2) is 39.4 Å². The van der Waals surface area contributed by atoms with Crippen molar-refractivity contribution in [2.75, 3.05) is 6.61 Å². The molecule has 0 aliphatic rings. The third-order valence-corrected chi connectivity index (χ3v) is 16.5. The smallest absolute Gasteiger partial charge is 0.300 e. The van der Waals surface area contributed by atoms with Crippen LogP contribution in [0, 0.1) is 0 Å². The summed E-state index contributed by atoms with van der Waals surface area (Å²) in [5, 5.41) is 17.0. The number of hydrogen-bond donors (Lipinski definition) is 2. The predicted octanol–water partition coefficient (Wildman–Crippen LogP) is 9.54. The van der Waals surface area contributed by atoms with Gasteiger partial charge < -0.3 is 14.3 Å². The predicted molar refractivity (Wildman–Crippen MR) is 155 cm³/mol. The summed E-state index contributed by atoms with van der Waals surface area (Å²) in [5.41, 5.74) is 0. The summed E-state index contributed by atoms with van der Waals surface area (Å²) in [4.78, 5) is 9.00. The first-order valence-electron chi connectivity index (χ1n) is 14.7. The highest BCUT2D eigenvalue weighted by molar-refractivity contribution is 6.86. The molecule has 0 rings (SSSR count). The van der Waals surface area contributed by atoms with E-state index in [1.807, 2.05) is 0 Å². The highest BCUT2D eigenvalue weighted by Gasteiger charge is 2.37. The fourth-order valence-electron chi connectivity index (χ4n) is 4.62. The van der Waals surface area contributed by atoms with Gasteiger partial charge >= 0.3 is 0 Å². The average molecular weight is 519 g/mol. The molecule has 0 heterocycles. The minimum absolute atomic E-state index is 0.302. The Kier molecular flexibility index (Phi) is 25.9. The Morgan fingerprint density at radius 3 is 1.24 bits per heavy atom. The summed E-state index contributed by atoms with van der Waals surface area (Å²) in [6, 6.07) is 4.74. The molecule has 0 bridgehead atoms. The van der Waals surface area contributed by atoms with Crippen molar-refractivity contribution in [1.82, 2.24) is 0 Å². The molecule has 4 nitrogen and oxygen atoms in total. The van der Waals surface area contributed by atoms with E-state index in [1.165, 1.54) is 115 Å². The van der Waals surface area contributed by atoms with Crippen molar-refractivity contribution in [2.24, 2.45) is 0 Å². The second kappa shape index (κ2) is 24.5. The molecule has 2 atom stereocenters. The summed E-state index contributed by atoms with van der Waals surface area (Å²) >= 11 is 0. The molecule has 206 valence electrons. The van der Waals surface area contributed by atoms with Gasteiger partial charge in [0, 0.05) is 13.5 Å². The van der Waals surface area contributed by atoms with Gasteiger partial charge in [0.25, 0.3) is 5.97 Å². The molecular formula is C28H62O4Si2. The standard InChI is InChI=1S/C26H58O2Si2.C2H4O2/c1-6-9-11-13-15-16-17-18-20-22-25-30(5,24-21-19-14-12-10-7-2)28-29(4,8-3)26-23-27;1-2(3)4/h27H,6-26H2,1-5H3;1H3,(H,3,4). The Labute approximate surface area is 215 Å². The van der Waals surface area contributed by atoms with E-state index in [0.29, 0.717) is 6.61 Å². The summed E-state index contributed by atoms with van der Waals surface area (Å²) in [5.74, 6) is -0.833. The fraction of sp³-hybridized carbons (Fsp3) is 0.964. The van der Waals surface area contributed by atoms with Crippen LogP contribution in [0.2, 0.25) is 37.3 Å². The molecule has 0 aliphatic heterocycles. The van der Waals surface area contributed by atoms with Crippen LogP contribution in [0.25, 0.3) is 0 Å². The van der Waals surface area contributed by atoms with Gasteiger partial charge in [-0.05, 0) is 37.3 Å². The topological polar surface area (TPSA) is 66.8 Å². The second-order valence-electron chi connectivity index (χ2n) is 10.8. The fourth-order valence-corrected chi connectivity index (χ4v) is 14.3. The molecular weight excluding hydrogens is 456 g/mol. The SMILES string of the molecule is CC(=O)O.CCCCCCCCCCCC[Si](C)(CCCCCCCC)O[Si](C)(CC)CCO. The number of carboxylic acid groups (broad SMARTS) is 1. The molecule has 0 aromatic rings. The van der Waals surface area contributed by atoms with E-state index in [2.05, 4.69) is 33.9 Å². The zero-order chi connectivity index (χ0) is 26.1. The van der Waals surface area contributed by atoms with Crippen molar-refractivity contribution < 1.29 is 19.1 Å². The number of hydrogen-bond acceptors (Lipinski definition) is 3. The summed E-state index contributed by atoms with van der Waals surface area (Å²) in [6.45, 7) is 13.1. The maximum atomic E-state index is 9.56. The van der Waals surface area contributed by atoms with Crippen LogP contribution in [0.15, 0.2) is 0 Å². The molecule has 2 unspecified atom stereocenters. The maximum Gasteiger partial charge on any atom is 0.300 e. The zero-order valence-corrected chi connectivity index (χ0v) is 26.1. The lowest BCUT2D eigenvalue weighted by molar-refractivity contribution is -0.134. The van der Waals surface area contributed by atoms with Crippen LogP contribution in [-0.2, 0) is 8.91 Å². The first-order chi connectivity index (χ1) is 16.2. The molecule has 6 heteroatoms. The third-order valence-electron chi connectivity index (χ3n) is 7.00. The first-order valence-corrected chi connectivity index (χ1v) is 20.3. The summed E-state index contributed by atoms with van der Waals surface area (Å²) in [7, 11) is -3.38. The monoisotopic (exact) mass is 518 g/mol. The van der Waals surface area contributed by atoms with Crippen molar-refractivity contribution in [2.45, 2.75) is 168 Å². The van der Waals surface area contributed by atoms with Gasteiger partial charge in [0.05, 0.1) is 0 Å². The summed E-state index contributed by atoms with van der Waals surface area (Å²) < 4.78 is 7.04. The van der Waals surface area contributed by atoms with E-state index in [1.54, 1.807) is 0 Å². The molecule has 0 aromatic carbocycles. The number of aliphatic hydroxyl groups excluding tert-OH is 1. The Bertz CT molecular complexity index is 446. The number of unbranched alkanes of at least 4 members (excludes halogenated alkanes) is 14. The first kappa shape index (κ1) is 36.0. The highest BCUT2D eigenvalue weighted by Crippen LogP contribution is 2.31. The van der Waals surface area contributed by atoms with Crippen molar-refractivity contribution in [1.29, 1.82) is 0 Å². The molecule has 0 radical (unpaired) electrons. The molecule has 0 saturated carbocycles. The van der Waals surface area contributed by atoms with Crippen LogP contribution in [0.3, 0.4) is 0 Å². The lowest BCUT2D eigenvalue weighted by Gasteiger charge is -2.38. The van der Waals surface area contributed by atoms with E-state index in [9.17, 15) is 5.11 Å². The Morgan fingerprint density at radius 2 is 0.941 bits per heavy atom. The Hall–Kier alpha value is -0.176. The van der Waals surface area contributed by atoms with Crippen molar-refractivity contribution >= 4 is 22.6 Å². The van der Waals surface area contributed by atoms with E-state index in [4.69, 9.17) is 14.0 Å². The molecule has 0 aliphatic carbocycles. The van der Waals surface area contributed by atoms with Gasteiger partial charge in [-0.25, -0.2) is 0 Å². The highest BCUT2D eigenvalue weighted by atomic mass is 28.4. The van der Waals surface area contributed by atoms with Crippen molar-refractivity contribution in [3.8, 4) is 0 Å². The van der Waals surface area contributed by atoms with Crippen LogP contribution < -0.4 is 0 Å². The number of rotatable bonds is 23. The molecule has 0 fully saturated rings. The quantitative estimate of drug-likeness (QED) is 0.104. The van der Waals surface area contributed by atoms with Gasteiger partial charge in [-0.2, -0.15) is 0 Å². The molecule has 34 heavy (non-hydrogen) atoms. The Morgan fingerprint density at radius 1 is 0.618 bits per heavy atom. The van der Waals surface area contributed by atoms with Gasteiger partial charge in [0.2, 0.25) is 0 Å². The normalized spacial score (nSPS) is 14.7. The number of carboxylic acids is 1. The van der Waals surface area contributed by atoms with Crippen LogP contribution in [0.5, 0.6) is 0 Å². The van der Waals surface area contributed by atoms with Crippen molar-refractivity contribution in [3.63, 3.8) is 0 Å². The summed E-state index contributed by atoms with van der Waals surface area (Å²) in [6.07, 6.45) is 22.4. The maximum absolute atomic E-state index is 9.56. The molecule has 0 spiro atoms. The van der Waals surface area contributed by atoms with Gasteiger partial charge in [-0.3, -0.25) is 4.79 Å². The minimum Gasteiger partial charge on any atom is -0.481 e. The van der Waals surface area contributed by atoms with E-state index in [0.717, 1.165) is 19.0 Å². The van der Waals surface area contributed by atoms with E-state index >= 15 is 0 Å². The number of aliphatic hydroxyl groups is 1.